The Bertz CT molecular complexity index is 1210. The van der Waals surface area contributed by atoms with Crippen LogP contribution in [0.25, 0.3) is 16.8 Å². The number of aliphatic imine (C=N–C) groups is 1. The molecule has 0 unspecified atom stereocenters. The molecule has 1 aliphatic heterocycles. The summed E-state index contributed by atoms with van der Waals surface area (Å²) in [6.07, 6.45) is 1.83. The second-order valence-electron chi connectivity index (χ2n) is 6.31. The highest BCUT2D eigenvalue weighted by Gasteiger charge is 2.23. The van der Waals surface area contributed by atoms with Gasteiger partial charge in [0, 0.05) is 22.9 Å². The van der Waals surface area contributed by atoms with Crippen molar-refractivity contribution in [2.24, 2.45) is 4.99 Å². The fourth-order valence-corrected chi connectivity index (χ4v) is 3.41. The molecule has 1 aliphatic rings. The maximum atomic E-state index is 9.34. The van der Waals surface area contributed by atoms with Crippen LogP contribution in [0.5, 0.6) is 0 Å². The zero-order valence-electron chi connectivity index (χ0n) is 14.1. The lowest BCUT2D eigenvalue weighted by molar-refractivity contribution is 0.426. The highest BCUT2D eigenvalue weighted by molar-refractivity contribution is 6.58. The van der Waals surface area contributed by atoms with Crippen molar-refractivity contribution in [3.05, 3.63) is 71.9 Å². The second kappa shape index (κ2) is 5.77. The lowest BCUT2D eigenvalue weighted by Crippen LogP contribution is -2.29. The third kappa shape index (κ3) is 2.42. The Morgan fingerprint density at radius 1 is 0.926 bits per heavy atom. The summed E-state index contributed by atoms with van der Waals surface area (Å²) in [7, 11) is -1.51. The molecule has 0 bridgehead atoms. The summed E-state index contributed by atoms with van der Waals surface area (Å²) in [5.74, 6) is 0.194. The standard InChI is InChI=1S/C19H14BN5O2/c21-19-23-17-13-3-1-2-4-15(13)22-16(14-9-10-25(24-19)18(14)17)11-5-7-12(8-6-11)20(26)27/h1-10,26-27H,(H2,21,24). The first-order valence-electron chi connectivity index (χ1n) is 8.41. The van der Waals surface area contributed by atoms with Crippen molar-refractivity contribution in [3.8, 4) is 11.3 Å². The predicted molar refractivity (Wildman–Crippen MR) is 104 cm³/mol. The van der Waals surface area contributed by atoms with Crippen molar-refractivity contribution < 1.29 is 10.0 Å². The fraction of sp³-hybridized carbons (Fsp3) is 0. The van der Waals surface area contributed by atoms with Crippen LogP contribution in [0, 0.1) is 0 Å². The SMILES string of the molecule is Nc1nc2c3c(ccn3n1)C(c1ccc(B(O)O)cc1)=Nc1ccccc1-2. The topological polar surface area (TPSA) is 109 Å². The van der Waals surface area contributed by atoms with Crippen molar-refractivity contribution in [1.82, 2.24) is 14.6 Å². The highest BCUT2D eigenvalue weighted by atomic mass is 16.4. The molecule has 4 N–H and O–H groups in total. The first kappa shape index (κ1) is 15.7. The third-order valence-corrected chi connectivity index (χ3v) is 4.66. The average Bonchev–Trinajstić information content (AvgIpc) is 3.03. The van der Waals surface area contributed by atoms with E-state index in [1.54, 1.807) is 16.6 Å². The molecule has 3 heterocycles. The summed E-state index contributed by atoms with van der Waals surface area (Å²) in [6.45, 7) is 0. The number of hydrogen-bond donors (Lipinski definition) is 3. The highest BCUT2D eigenvalue weighted by Crippen LogP contribution is 2.37. The van der Waals surface area contributed by atoms with Gasteiger partial charge >= 0.3 is 7.12 Å². The lowest BCUT2D eigenvalue weighted by Gasteiger charge is -2.07. The second-order valence-corrected chi connectivity index (χ2v) is 6.31. The average molecular weight is 355 g/mol. The smallest absolute Gasteiger partial charge is 0.423 e. The third-order valence-electron chi connectivity index (χ3n) is 4.66. The van der Waals surface area contributed by atoms with Crippen molar-refractivity contribution in [3.63, 3.8) is 0 Å². The summed E-state index contributed by atoms with van der Waals surface area (Å²) >= 11 is 0. The molecule has 0 amide bonds. The summed E-state index contributed by atoms with van der Waals surface area (Å²) in [5.41, 5.74) is 12.1. The molecule has 0 saturated carbocycles. The largest absolute Gasteiger partial charge is 0.488 e. The minimum atomic E-state index is -1.51. The van der Waals surface area contributed by atoms with E-state index in [4.69, 9.17) is 10.7 Å². The molecule has 4 aromatic rings. The van der Waals surface area contributed by atoms with Crippen molar-refractivity contribution >= 4 is 35.4 Å². The van der Waals surface area contributed by atoms with E-state index in [2.05, 4.69) is 10.1 Å². The minimum Gasteiger partial charge on any atom is -0.423 e. The predicted octanol–water partition coefficient (Wildman–Crippen LogP) is 1.14. The number of para-hydroxylation sites is 1. The summed E-state index contributed by atoms with van der Waals surface area (Å²) < 4.78 is 1.72. The molecule has 7 nitrogen and oxygen atoms in total. The van der Waals surface area contributed by atoms with Gasteiger partial charge in [0.15, 0.2) is 0 Å². The van der Waals surface area contributed by atoms with Gasteiger partial charge in [-0.15, -0.1) is 5.10 Å². The molecule has 8 heteroatoms. The van der Waals surface area contributed by atoms with Crippen LogP contribution in [0.1, 0.15) is 11.1 Å². The van der Waals surface area contributed by atoms with Gasteiger partial charge in [-0.3, -0.25) is 0 Å². The van der Waals surface area contributed by atoms with Gasteiger partial charge in [-0.2, -0.15) is 0 Å². The Morgan fingerprint density at radius 2 is 1.70 bits per heavy atom. The number of fused-ring (bicyclic) bond motifs is 2. The molecule has 2 aromatic carbocycles. The van der Waals surface area contributed by atoms with E-state index in [9.17, 15) is 10.0 Å². The monoisotopic (exact) mass is 355 g/mol. The number of nitrogens with zero attached hydrogens (tertiary/aromatic N) is 4. The Labute approximate surface area is 154 Å². The molecule has 5 rings (SSSR count). The van der Waals surface area contributed by atoms with Crippen LogP contribution < -0.4 is 11.2 Å². The summed E-state index contributed by atoms with van der Waals surface area (Å²) in [4.78, 5) is 9.37. The van der Waals surface area contributed by atoms with Gasteiger partial charge in [-0.1, -0.05) is 42.5 Å². The van der Waals surface area contributed by atoms with Crippen LogP contribution >= 0.6 is 0 Å². The molecule has 0 atom stereocenters. The first-order chi connectivity index (χ1) is 13.1. The molecule has 0 spiro atoms. The summed E-state index contributed by atoms with van der Waals surface area (Å²) in [6, 6.07) is 16.7. The van der Waals surface area contributed by atoms with Crippen LogP contribution in [-0.4, -0.2) is 37.5 Å². The number of nitrogen functional groups attached to an aromatic ring is 1. The number of benzene rings is 2. The van der Waals surface area contributed by atoms with E-state index in [0.29, 0.717) is 5.46 Å². The van der Waals surface area contributed by atoms with Crippen molar-refractivity contribution in [1.29, 1.82) is 0 Å². The van der Waals surface area contributed by atoms with Gasteiger partial charge in [0.25, 0.3) is 0 Å². The molecule has 0 aliphatic carbocycles. The van der Waals surface area contributed by atoms with Crippen LogP contribution in [0.2, 0.25) is 0 Å². The number of aromatic nitrogens is 3. The zero-order valence-corrected chi connectivity index (χ0v) is 14.1. The number of rotatable bonds is 2. The fourth-order valence-electron chi connectivity index (χ4n) is 3.41. The van der Waals surface area contributed by atoms with Gasteiger partial charge in [0.05, 0.1) is 11.4 Å². The molecule has 0 saturated heterocycles. The van der Waals surface area contributed by atoms with E-state index >= 15 is 0 Å². The van der Waals surface area contributed by atoms with Gasteiger partial charge < -0.3 is 15.8 Å². The molecule has 2 aromatic heterocycles. The van der Waals surface area contributed by atoms with E-state index in [0.717, 1.165) is 39.3 Å². The zero-order chi connectivity index (χ0) is 18.5. The Kier molecular flexibility index (Phi) is 3.36. The molecule has 0 fully saturated rings. The van der Waals surface area contributed by atoms with E-state index in [1.807, 2.05) is 48.7 Å². The number of anilines is 1. The summed E-state index contributed by atoms with van der Waals surface area (Å²) in [5, 5.41) is 23.0. The Balaban J connectivity index is 1.82. The van der Waals surface area contributed by atoms with Crippen molar-refractivity contribution in [2.75, 3.05) is 5.73 Å². The van der Waals surface area contributed by atoms with Crippen molar-refractivity contribution in [2.45, 2.75) is 0 Å². The maximum absolute atomic E-state index is 9.34. The molecular weight excluding hydrogens is 341 g/mol. The van der Waals surface area contributed by atoms with Crippen LogP contribution in [-0.2, 0) is 0 Å². The van der Waals surface area contributed by atoms with E-state index in [1.165, 1.54) is 0 Å². The minimum absolute atomic E-state index is 0.194. The number of nitrogens with two attached hydrogens (primary N) is 1. The quantitative estimate of drug-likeness (QED) is 0.412. The maximum Gasteiger partial charge on any atom is 0.488 e. The molecule has 27 heavy (non-hydrogen) atoms. The van der Waals surface area contributed by atoms with Crippen LogP contribution in [0.4, 0.5) is 11.6 Å². The normalized spacial score (nSPS) is 12.4. The molecule has 130 valence electrons. The van der Waals surface area contributed by atoms with E-state index < -0.39 is 7.12 Å². The Morgan fingerprint density at radius 3 is 2.48 bits per heavy atom. The van der Waals surface area contributed by atoms with Gasteiger partial charge in [0.2, 0.25) is 5.95 Å². The van der Waals surface area contributed by atoms with Gasteiger partial charge in [-0.05, 0) is 17.6 Å². The van der Waals surface area contributed by atoms with E-state index in [-0.39, 0.29) is 5.95 Å². The first-order valence-corrected chi connectivity index (χ1v) is 8.41. The van der Waals surface area contributed by atoms with Gasteiger partial charge in [0.1, 0.15) is 11.2 Å². The number of hydrogen-bond acceptors (Lipinski definition) is 6. The van der Waals surface area contributed by atoms with Gasteiger partial charge in [-0.25, -0.2) is 14.5 Å². The van der Waals surface area contributed by atoms with Crippen LogP contribution in [0.3, 0.4) is 0 Å². The molecular formula is C19H14BN5O2. The van der Waals surface area contributed by atoms with Crippen LogP contribution in [0.15, 0.2) is 65.8 Å². The Hall–Kier alpha value is -3.49. The lowest BCUT2D eigenvalue weighted by atomic mass is 9.80. The molecule has 0 radical (unpaired) electrons.